The van der Waals surface area contributed by atoms with Gasteiger partial charge >= 0.3 is 0 Å². The molecule has 0 saturated heterocycles. The van der Waals surface area contributed by atoms with Crippen molar-refractivity contribution in [3.8, 4) is 0 Å². The number of H-pyrrole nitrogens is 1. The molecule has 0 aliphatic rings. The summed E-state index contributed by atoms with van der Waals surface area (Å²) in [5.41, 5.74) is 5.25. The van der Waals surface area contributed by atoms with Crippen LogP contribution < -0.4 is 16.6 Å². The zero-order valence-electron chi connectivity index (χ0n) is 8.04. The lowest BCUT2D eigenvalue weighted by molar-refractivity contribution is 0.158. The predicted molar refractivity (Wildman–Crippen MR) is 54.3 cm³/mol. The van der Waals surface area contributed by atoms with Gasteiger partial charge in [0.25, 0.3) is 5.56 Å². The first-order valence-electron chi connectivity index (χ1n) is 4.40. The van der Waals surface area contributed by atoms with Crippen LogP contribution in [0, 0.1) is 0 Å². The van der Waals surface area contributed by atoms with Crippen molar-refractivity contribution in [1.82, 2.24) is 9.97 Å². The number of ether oxygens (including phenoxy) is 1. The van der Waals surface area contributed by atoms with E-state index in [2.05, 4.69) is 15.3 Å². The molecule has 0 saturated carbocycles. The number of anilines is 2. The highest BCUT2D eigenvalue weighted by Gasteiger charge is 2.02. The molecule has 1 aromatic rings. The first-order valence-corrected chi connectivity index (χ1v) is 4.40. The summed E-state index contributed by atoms with van der Waals surface area (Å²) in [6.07, 6.45) is 1.31. The van der Waals surface area contributed by atoms with Crippen LogP contribution >= 0.6 is 0 Å². The molecule has 0 spiro atoms. The van der Waals surface area contributed by atoms with Gasteiger partial charge in [0, 0.05) is 13.2 Å². The maximum Gasteiger partial charge on any atom is 0.276 e. The Morgan fingerprint density at radius 3 is 3.21 bits per heavy atom. The maximum absolute atomic E-state index is 11.0. The van der Waals surface area contributed by atoms with Gasteiger partial charge in [-0.1, -0.05) is 0 Å². The highest BCUT2D eigenvalue weighted by Crippen LogP contribution is 2.05. The fourth-order valence-corrected chi connectivity index (χ4v) is 0.937. The van der Waals surface area contributed by atoms with Crippen LogP contribution in [-0.2, 0) is 4.74 Å². The van der Waals surface area contributed by atoms with Gasteiger partial charge in [0.05, 0.1) is 12.9 Å². The molecule has 0 aliphatic carbocycles. The molecular weight excluding hydrogens is 184 g/mol. The van der Waals surface area contributed by atoms with Crippen LogP contribution in [0.1, 0.15) is 6.92 Å². The topological polar surface area (TPSA) is 93.0 Å². The standard InChI is InChI=1S/C8H14N4O2/c1-2-14-4-3-10-7-6(9)8(13)12-5-11-7/h5H,2-4,9H2,1H3,(H2,10,11,12,13). The lowest BCUT2D eigenvalue weighted by Gasteiger charge is -2.06. The minimum atomic E-state index is -0.334. The normalized spacial score (nSPS) is 10.1. The summed E-state index contributed by atoms with van der Waals surface area (Å²) < 4.78 is 5.11. The monoisotopic (exact) mass is 198 g/mol. The van der Waals surface area contributed by atoms with E-state index in [1.165, 1.54) is 6.33 Å². The molecular formula is C8H14N4O2. The van der Waals surface area contributed by atoms with Crippen molar-refractivity contribution in [3.63, 3.8) is 0 Å². The van der Waals surface area contributed by atoms with E-state index in [1.807, 2.05) is 6.92 Å². The number of hydrogen-bond acceptors (Lipinski definition) is 5. The van der Waals surface area contributed by atoms with Crippen LogP contribution in [0.25, 0.3) is 0 Å². The minimum Gasteiger partial charge on any atom is -0.391 e. The molecule has 0 unspecified atom stereocenters. The van der Waals surface area contributed by atoms with Gasteiger partial charge in [-0.2, -0.15) is 0 Å². The van der Waals surface area contributed by atoms with E-state index in [1.54, 1.807) is 0 Å². The Bertz CT molecular complexity index is 336. The molecule has 1 heterocycles. The van der Waals surface area contributed by atoms with Crippen LogP contribution in [0.15, 0.2) is 11.1 Å². The van der Waals surface area contributed by atoms with Crippen LogP contribution in [0.3, 0.4) is 0 Å². The van der Waals surface area contributed by atoms with Crippen molar-refractivity contribution in [2.45, 2.75) is 6.92 Å². The minimum absolute atomic E-state index is 0.101. The number of nitrogens with zero attached hydrogens (tertiary/aromatic N) is 1. The van der Waals surface area contributed by atoms with E-state index in [9.17, 15) is 4.79 Å². The summed E-state index contributed by atoms with van der Waals surface area (Å²) in [6, 6.07) is 0. The second kappa shape index (κ2) is 5.23. The van der Waals surface area contributed by atoms with Gasteiger partial charge in [0.1, 0.15) is 5.69 Å². The molecule has 6 heteroatoms. The Hall–Kier alpha value is -1.56. The number of nitrogen functional groups attached to an aromatic ring is 1. The molecule has 6 nitrogen and oxygen atoms in total. The molecule has 14 heavy (non-hydrogen) atoms. The van der Waals surface area contributed by atoms with Crippen LogP contribution in [0.4, 0.5) is 11.5 Å². The Balaban J connectivity index is 2.51. The Morgan fingerprint density at radius 2 is 2.50 bits per heavy atom. The zero-order valence-corrected chi connectivity index (χ0v) is 8.04. The lowest BCUT2D eigenvalue weighted by atomic mass is 10.4. The van der Waals surface area contributed by atoms with Gasteiger partial charge in [0.2, 0.25) is 0 Å². The predicted octanol–water partition coefficient (Wildman–Crippen LogP) is -0.199. The Labute approximate surface area is 81.5 Å². The molecule has 78 valence electrons. The number of nitrogens with two attached hydrogens (primary N) is 1. The summed E-state index contributed by atoms with van der Waals surface area (Å²) in [4.78, 5) is 17.3. The van der Waals surface area contributed by atoms with E-state index in [0.717, 1.165) is 0 Å². The third-order valence-corrected chi connectivity index (χ3v) is 1.63. The fraction of sp³-hybridized carbons (Fsp3) is 0.500. The largest absolute Gasteiger partial charge is 0.391 e. The number of aromatic nitrogens is 2. The van der Waals surface area contributed by atoms with Crippen molar-refractivity contribution in [2.24, 2.45) is 0 Å². The summed E-state index contributed by atoms with van der Waals surface area (Å²) in [5.74, 6) is 0.397. The lowest BCUT2D eigenvalue weighted by Crippen LogP contribution is -2.18. The van der Waals surface area contributed by atoms with Gasteiger partial charge in [-0.3, -0.25) is 4.79 Å². The maximum atomic E-state index is 11.0. The highest BCUT2D eigenvalue weighted by molar-refractivity contribution is 5.58. The fourth-order valence-electron chi connectivity index (χ4n) is 0.937. The SMILES string of the molecule is CCOCCNc1nc[nH]c(=O)c1N. The van der Waals surface area contributed by atoms with Crippen molar-refractivity contribution in [3.05, 3.63) is 16.7 Å². The average molecular weight is 198 g/mol. The Morgan fingerprint density at radius 1 is 1.71 bits per heavy atom. The van der Waals surface area contributed by atoms with Crippen LogP contribution in [0.5, 0.6) is 0 Å². The first kappa shape index (κ1) is 10.5. The summed E-state index contributed by atoms with van der Waals surface area (Å²) >= 11 is 0. The molecule has 4 N–H and O–H groups in total. The molecule has 1 rings (SSSR count). The van der Waals surface area contributed by atoms with Gasteiger partial charge in [-0.05, 0) is 6.92 Å². The van der Waals surface area contributed by atoms with Crippen molar-refractivity contribution in [2.75, 3.05) is 30.8 Å². The Kier molecular flexibility index (Phi) is 3.93. The number of hydrogen-bond donors (Lipinski definition) is 3. The van der Waals surface area contributed by atoms with E-state index in [-0.39, 0.29) is 11.2 Å². The summed E-state index contributed by atoms with van der Waals surface area (Å²) in [5, 5.41) is 2.91. The molecule has 0 bridgehead atoms. The van der Waals surface area contributed by atoms with E-state index in [4.69, 9.17) is 10.5 Å². The average Bonchev–Trinajstić information content (AvgIpc) is 2.19. The zero-order chi connectivity index (χ0) is 10.4. The highest BCUT2D eigenvalue weighted by atomic mass is 16.5. The summed E-state index contributed by atoms with van der Waals surface area (Å²) in [7, 11) is 0. The van der Waals surface area contributed by atoms with Crippen molar-refractivity contribution >= 4 is 11.5 Å². The van der Waals surface area contributed by atoms with Crippen LogP contribution in [0.2, 0.25) is 0 Å². The summed E-state index contributed by atoms with van der Waals surface area (Å²) in [6.45, 7) is 3.72. The van der Waals surface area contributed by atoms with Gasteiger partial charge < -0.3 is 20.8 Å². The molecule has 0 amide bonds. The third-order valence-electron chi connectivity index (χ3n) is 1.63. The first-order chi connectivity index (χ1) is 6.75. The molecule has 0 fully saturated rings. The third kappa shape index (κ3) is 2.74. The van der Waals surface area contributed by atoms with E-state index >= 15 is 0 Å². The second-order valence-corrected chi connectivity index (χ2v) is 2.62. The smallest absolute Gasteiger partial charge is 0.276 e. The molecule has 1 aromatic heterocycles. The molecule has 0 radical (unpaired) electrons. The quantitative estimate of drug-likeness (QED) is 0.570. The number of aromatic amines is 1. The number of nitrogens with one attached hydrogen (secondary N) is 2. The van der Waals surface area contributed by atoms with Crippen molar-refractivity contribution < 1.29 is 4.74 Å². The second-order valence-electron chi connectivity index (χ2n) is 2.62. The van der Waals surface area contributed by atoms with Crippen LogP contribution in [-0.4, -0.2) is 29.7 Å². The van der Waals surface area contributed by atoms with Crippen molar-refractivity contribution in [1.29, 1.82) is 0 Å². The molecule has 0 atom stereocenters. The van der Waals surface area contributed by atoms with E-state index in [0.29, 0.717) is 25.6 Å². The number of rotatable bonds is 5. The molecule has 0 aromatic carbocycles. The van der Waals surface area contributed by atoms with E-state index < -0.39 is 0 Å². The van der Waals surface area contributed by atoms with Gasteiger partial charge in [-0.25, -0.2) is 4.98 Å². The van der Waals surface area contributed by atoms with Gasteiger partial charge in [0.15, 0.2) is 5.82 Å². The molecule has 0 aliphatic heterocycles. The van der Waals surface area contributed by atoms with Gasteiger partial charge in [-0.15, -0.1) is 0 Å².